The molecule has 0 aromatic rings. The maximum absolute atomic E-state index is 12.0. The molecule has 0 heterocycles. The summed E-state index contributed by atoms with van der Waals surface area (Å²) in [6.07, 6.45) is -0.570. The third-order valence-corrected chi connectivity index (χ3v) is 5.14. The van der Waals surface area contributed by atoms with Crippen molar-refractivity contribution >= 4 is 46.1 Å². The first-order valence-corrected chi connectivity index (χ1v) is 9.43. The lowest BCUT2D eigenvalue weighted by molar-refractivity contribution is -0.146. The number of thiol groups is 1. The molecule has 0 saturated heterocycles. The quantitative estimate of drug-likeness (QED) is 0.107. The summed E-state index contributed by atoms with van der Waals surface area (Å²) < 4.78 is 9.23. The Morgan fingerprint density at radius 3 is 2.17 bits per heavy atom. The van der Waals surface area contributed by atoms with Crippen molar-refractivity contribution in [3.8, 4) is 0 Å². The number of carboxylic acids is 2. The number of carbonyl (C=O) groups is 5. The predicted molar refractivity (Wildman–Crippen MR) is 105 cm³/mol. The minimum atomic E-state index is -1.23. The van der Waals surface area contributed by atoms with Crippen LogP contribution in [0.4, 0.5) is 0 Å². The predicted octanol–water partition coefficient (Wildman–Crippen LogP) is -1.94. The Morgan fingerprint density at radius 1 is 1.10 bits per heavy atom. The summed E-state index contributed by atoms with van der Waals surface area (Å²) >= 11 is 0.201. The summed E-state index contributed by atoms with van der Waals surface area (Å²) in [6, 6.07) is -1.89. The summed E-state index contributed by atoms with van der Waals surface area (Å²) in [5, 5.41) is 22.6. The molecule has 0 unspecified atom stereocenters. The molecule has 0 saturated carbocycles. The average Bonchev–Trinajstić information content (AvgIpc) is 2.65. The number of esters is 2. The number of primary amides is 1. The second-order valence-electron chi connectivity index (χ2n) is 5.87. The molecule has 0 aromatic heterocycles. The van der Waals surface area contributed by atoms with Gasteiger partial charge < -0.3 is 25.4 Å². The molecular weight excluding hydrogens is 410 g/mol. The molecule has 6 N–H and O–H groups in total. The van der Waals surface area contributed by atoms with Crippen LogP contribution < -0.4 is 16.4 Å². The SMILES string of the molecule is COC(=O)C[C@H]([SH]=C(NCC(=O)O)[C@@H](C)N[C@@H](CCC(N)=O)C(=O)O)C(=O)OC. The fourth-order valence-corrected chi connectivity index (χ4v) is 3.40. The molecule has 0 aromatic carbocycles. The van der Waals surface area contributed by atoms with Crippen LogP contribution in [0.5, 0.6) is 0 Å². The highest BCUT2D eigenvalue weighted by Crippen LogP contribution is 2.13. The van der Waals surface area contributed by atoms with Crippen molar-refractivity contribution in [2.24, 2.45) is 5.73 Å². The maximum atomic E-state index is 12.0. The van der Waals surface area contributed by atoms with Crippen molar-refractivity contribution in [1.29, 1.82) is 0 Å². The summed E-state index contributed by atoms with van der Waals surface area (Å²) in [5.74, 6) is -4.47. The molecule has 0 bridgehead atoms. The van der Waals surface area contributed by atoms with E-state index in [4.69, 9.17) is 10.8 Å². The molecule has 0 radical (unpaired) electrons. The van der Waals surface area contributed by atoms with Crippen molar-refractivity contribution in [1.82, 2.24) is 10.6 Å². The van der Waals surface area contributed by atoms with E-state index in [1.165, 1.54) is 0 Å². The molecule has 0 fully saturated rings. The van der Waals surface area contributed by atoms with E-state index in [-0.39, 0.29) is 35.6 Å². The standard InChI is InChI=1S/C16H27N3O9S/c1-8(19-9(15(24)25)4-5-11(17)20)14(18-7-12(21)22)29-10(16(26)28-3)6-13(23)27-2/h8-10,18-19,29H,4-7H2,1-3H3,(H2,17,20)(H,21,22)(H,24,25)/t8-,9+,10+/m1/s1. The van der Waals surface area contributed by atoms with Gasteiger partial charge in [0.1, 0.15) is 11.3 Å². The van der Waals surface area contributed by atoms with Gasteiger partial charge >= 0.3 is 23.9 Å². The molecule has 3 atom stereocenters. The molecule has 29 heavy (non-hydrogen) atoms. The highest BCUT2D eigenvalue weighted by atomic mass is 32.1. The minimum Gasteiger partial charge on any atom is -0.480 e. The Labute approximate surface area is 171 Å². The van der Waals surface area contributed by atoms with Gasteiger partial charge in [-0.25, -0.2) is 0 Å². The van der Waals surface area contributed by atoms with Crippen LogP contribution in [0.3, 0.4) is 0 Å². The molecule has 0 aliphatic heterocycles. The van der Waals surface area contributed by atoms with E-state index in [1.807, 2.05) is 0 Å². The minimum absolute atomic E-state index is 0.0826. The number of nitrogens with two attached hydrogens (primary N) is 1. The van der Waals surface area contributed by atoms with Crippen LogP contribution >= 0.6 is 11.4 Å². The van der Waals surface area contributed by atoms with Gasteiger partial charge in [0.15, 0.2) is 0 Å². The molecule has 0 aliphatic carbocycles. The normalized spacial score (nSPS) is 14.7. The summed E-state index contributed by atoms with van der Waals surface area (Å²) in [4.78, 5) is 57.1. The molecule has 166 valence electrons. The lowest BCUT2D eigenvalue weighted by atomic mass is 10.1. The second kappa shape index (κ2) is 13.6. The zero-order chi connectivity index (χ0) is 22.6. The van der Waals surface area contributed by atoms with Crippen LogP contribution in [0, 0.1) is 0 Å². The van der Waals surface area contributed by atoms with Gasteiger partial charge in [-0.05, 0) is 13.3 Å². The smallest absolute Gasteiger partial charge is 0.320 e. The van der Waals surface area contributed by atoms with Gasteiger partial charge in [-0.15, -0.1) is 0 Å². The van der Waals surface area contributed by atoms with Crippen LogP contribution in [0.2, 0.25) is 0 Å². The van der Waals surface area contributed by atoms with Gasteiger partial charge in [0, 0.05) is 17.5 Å². The maximum Gasteiger partial charge on any atom is 0.320 e. The Morgan fingerprint density at radius 2 is 1.72 bits per heavy atom. The van der Waals surface area contributed by atoms with E-state index in [2.05, 4.69) is 20.1 Å². The van der Waals surface area contributed by atoms with Gasteiger partial charge in [-0.2, -0.15) is 11.4 Å². The molecular formula is C16H27N3O9S. The number of hydrogen-bond donors (Lipinski definition) is 6. The van der Waals surface area contributed by atoms with E-state index in [9.17, 15) is 29.1 Å². The van der Waals surface area contributed by atoms with Gasteiger partial charge in [0.25, 0.3) is 0 Å². The fraction of sp³-hybridized carbons (Fsp3) is 0.625. The first kappa shape index (κ1) is 26.5. The first-order valence-electron chi connectivity index (χ1n) is 8.46. The Bertz CT molecular complexity index is 654. The molecule has 0 rings (SSSR count). The van der Waals surface area contributed by atoms with Crippen molar-refractivity contribution in [2.75, 3.05) is 20.8 Å². The van der Waals surface area contributed by atoms with E-state index >= 15 is 0 Å². The van der Waals surface area contributed by atoms with Crippen molar-refractivity contribution < 1.29 is 43.7 Å². The largest absolute Gasteiger partial charge is 0.480 e. The molecule has 1 amide bonds. The van der Waals surface area contributed by atoms with E-state index < -0.39 is 53.7 Å². The molecule has 12 nitrogen and oxygen atoms in total. The number of nitrogens with one attached hydrogen (secondary N) is 2. The lowest BCUT2D eigenvalue weighted by Crippen LogP contribution is -2.50. The summed E-state index contributed by atoms with van der Waals surface area (Å²) in [6.45, 7) is 1.05. The number of amides is 1. The summed E-state index contributed by atoms with van der Waals surface area (Å²) in [5.41, 5.74) is 5.05. The molecule has 0 spiro atoms. The van der Waals surface area contributed by atoms with Crippen molar-refractivity contribution in [2.45, 2.75) is 43.5 Å². The Balaban J connectivity index is 5.66. The van der Waals surface area contributed by atoms with E-state index in [0.717, 1.165) is 14.2 Å². The summed E-state index contributed by atoms with van der Waals surface area (Å²) in [7, 11) is 2.29. The van der Waals surface area contributed by atoms with Crippen LogP contribution in [0.1, 0.15) is 26.2 Å². The fourth-order valence-electron chi connectivity index (χ4n) is 2.15. The van der Waals surface area contributed by atoms with Crippen LogP contribution in [-0.4, -0.2) is 83.1 Å². The average molecular weight is 437 g/mol. The number of rotatable bonds is 13. The van der Waals surface area contributed by atoms with E-state index in [0.29, 0.717) is 0 Å². The number of ether oxygens (including phenoxy) is 2. The third kappa shape index (κ3) is 11.2. The van der Waals surface area contributed by atoms with Crippen molar-refractivity contribution in [3.05, 3.63) is 0 Å². The van der Waals surface area contributed by atoms with Gasteiger partial charge in [0.2, 0.25) is 5.91 Å². The van der Waals surface area contributed by atoms with Crippen LogP contribution in [0.25, 0.3) is 0 Å². The van der Waals surface area contributed by atoms with Crippen molar-refractivity contribution in [3.63, 3.8) is 0 Å². The Hall–Kier alpha value is -2.51. The molecule has 0 aliphatic rings. The number of carboxylic acid groups (broad SMARTS) is 2. The zero-order valence-corrected chi connectivity index (χ0v) is 17.2. The highest BCUT2D eigenvalue weighted by molar-refractivity contribution is 8.00. The van der Waals surface area contributed by atoms with Crippen LogP contribution in [-0.2, 0) is 33.4 Å². The first-order chi connectivity index (χ1) is 13.5. The molecule has 13 heteroatoms. The third-order valence-electron chi connectivity index (χ3n) is 3.62. The van der Waals surface area contributed by atoms with Gasteiger partial charge in [-0.3, -0.25) is 34.6 Å². The Kier molecular flexibility index (Phi) is 12.5. The zero-order valence-electron chi connectivity index (χ0n) is 16.3. The lowest BCUT2D eigenvalue weighted by Gasteiger charge is -2.24. The number of aliphatic carboxylic acids is 2. The van der Waals surface area contributed by atoms with Gasteiger partial charge in [0.05, 0.1) is 27.2 Å². The van der Waals surface area contributed by atoms with Crippen LogP contribution in [0.15, 0.2) is 0 Å². The number of hydrogen-bond acceptors (Lipinski definition) is 8. The highest BCUT2D eigenvalue weighted by Gasteiger charge is 2.26. The topological polar surface area (TPSA) is 194 Å². The number of carbonyl (C=O) groups excluding carboxylic acids is 3. The number of methoxy groups -OCH3 is 2. The second-order valence-corrected chi connectivity index (χ2v) is 7.23. The monoisotopic (exact) mass is 437 g/mol. The van der Waals surface area contributed by atoms with E-state index in [1.54, 1.807) is 6.92 Å². The van der Waals surface area contributed by atoms with Gasteiger partial charge in [-0.1, -0.05) is 0 Å².